The molecule has 0 aromatic rings. The van der Waals surface area contributed by atoms with Crippen molar-refractivity contribution >= 4 is 12.1 Å². The van der Waals surface area contributed by atoms with E-state index >= 15 is 0 Å². The van der Waals surface area contributed by atoms with Crippen LogP contribution in [0.1, 0.15) is 13.3 Å². The Morgan fingerprint density at radius 1 is 1.40 bits per heavy atom. The fourth-order valence-electron chi connectivity index (χ4n) is 1.91. The number of esters is 1. The average molecular weight is 285 g/mol. The first-order valence-corrected chi connectivity index (χ1v) is 6.12. The van der Waals surface area contributed by atoms with E-state index in [-0.39, 0.29) is 6.42 Å². The molecule has 1 aliphatic heterocycles. The number of rotatable bonds is 5. The average Bonchev–Trinajstić information content (AvgIpc) is 2.39. The van der Waals surface area contributed by atoms with Crippen LogP contribution >= 0.6 is 0 Å². The molecule has 7 heteroatoms. The highest BCUT2D eigenvalue weighted by atomic mass is 16.7. The summed E-state index contributed by atoms with van der Waals surface area (Å²) in [6, 6.07) is 0. The molecule has 7 nitrogen and oxygen atoms in total. The van der Waals surface area contributed by atoms with Gasteiger partial charge in [0, 0.05) is 19.6 Å². The molecule has 0 aliphatic carbocycles. The Labute approximate surface area is 117 Å². The second-order valence-corrected chi connectivity index (χ2v) is 4.21. The van der Waals surface area contributed by atoms with Crippen LogP contribution in [0.25, 0.3) is 0 Å². The Balaban J connectivity index is 2.77. The van der Waals surface area contributed by atoms with Gasteiger partial charge in [-0.15, -0.1) is 0 Å². The minimum Gasteiger partial charge on any atom is -0.455 e. The van der Waals surface area contributed by atoms with Crippen LogP contribution in [-0.2, 0) is 23.7 Å². The third-order valence-electron chi connectivity index (χ3n) is 2.77. The molecule has 1 fully saturated rings. The van der Waals surface area contributed by atoms with Gasteiger partial charge < -0.3 is 24.7 Å². The summed E-state index contributed by atoms with van der Waals surface area (Å²) in [6.45, 7) is 5.13. The molecule has 0 saturated carbocycles. The molecule has 1 amide bonds. The van der Waals surface area contributed by atoms with Gasteiger partial charge in [-0.05, 0) is 6.92 Å². The number of nitrogens with two attached hydrogens (primary N) is 1. The molecule has 1 heterocycles. The molecule has 1 rings (SSSR count). The summed E-state index contributed by atoms with van der Waals surface area (Å²) < 4.78 is 20.7. The summed E-state index contributed by atoms with van der Waals surface area (Å²) in [4.78, 5) is 22.5. The third kappa shape index (κ3) is 4.67. The van der Waals surface area contributed by atoms with Crippen molar-refractivity contribution in [3.05, 3.63) is 24.8 Å². The Morgan fingerprint density at radius 2 is 2.10 bits per heavy atom. The number of primary amides is 1. The summed E-state index contributed by atoms with van der Waals surface area (Å²) >= 11 is 0. The van der Waals surface area contributed by atoms with E-state index in [1.54, 1.807) is 6.92 Å². The van der Waals surface area contributed by atoms with E-state index in [1.165, 1.54) is 25.3 Å². The molecule has 4 atom stereocenters. The van der Waals surface area contributed by atoms with Crippen molar-refractivity contribution in [3.63, 3.8) is 0 Å². The molecule has 0 aromatic carbocycles. The van der Waals surface area contributed by atoms with Gasteiger partial charge in [0.05, 0.1) is 6.10 Å². The standard InChI is InChI=1S/C13H19NO6/c1-4-5-6-10(15)19-9-7-11(17-3)18-8(2)12(9)20-13(14)16/h4-6,8-9,11-12H,1,7H2,2-3H3,(H2,14,16)/b6-5+/t8-,9-,11-,12-/m0/s1. The third-order valence-corrected chi connectivity index (χ3v) is 2.77. The quantitative estimate of drug-likeness (QED) is 0.457. The smallest absolute Gasteiger partial charge is 0.404 e. The number of hydrogen-bond donors (Lipinski definition) is 1. The lowest BCUT2D eigenvalue weighted by molar-refractivity contribution is -0.241. The number of methoxy groups -OCH3 is 1. The molecule has 0 bridgehead atoms. The van der Waals surface area contributed by atoms with Crippen LogP contribution in [0.5, 0.6) is 0 Å². The van der Waals surface area contributed by atoms with Crippen LogP contribution in [0.4, 0.5) is 4.79 Å². The second kappa shape index (κ2) is 7.66. The van der Waals surface area contributed by atoms with Gasteiger partial charge in [0.1, 0.15) is 6.10 Å². The minimum absolute atomic E-state index is 0.243. The molecule has 0 spiro atoms. The minimum atomic E-state index is -0.955. The van der Waals surface area contributed by atoms with Gasteiger partial charge in [-0.2, -0.15) is 0 Å². The Hall–Kier alpha value is -1.86. The predicted octanol–water partition coefficient (Wildman–Crippen LogP) is 0.886. The molecule has 0 radical (unpaired) electrons. The summed E-state index contributed by atoms with van der Waals surface area (Å²) in [5.41, 5.74) is 5.01. The van der Waals surface area contributed by atoms with Gasteiger partial charge in [0.15, 0.2) is 12.4 Å². The van der Waals surface area contributed by atoms with E-state index in [9.17, 15) is 9.59 Å². The van der Waals surface area contributed by atoms with E-state index < -0.39 is 36.7 Å². The van der Waals surface area contributed by atoms with Crippen LogP contribution in [0.2, 0.25) is 0 Å². The number of carbonyl (C=O) groups excluding carboxylic acids is 2. The lowest BCUT2D eigenvalue weighted by Crippen LogP contribution is -2.51. The van der Waals surface area contributed by atoms with Crippen molar-refractivity contribution in [3.8, 4) is 0 Å². The number of carbonyl (C=O) groups is 2. The van der Waals surface area contributed by atoms with Gasteiger partial charge in [0.25, 0.3) is 0 Å². The highest BCUT2D eigenvalue weighted by Gasteiger charge is 2.41. The lowest BCUT2D eigenvalue weighted by Gasteiger charge is -2.38. The maximum Gasteiger partial charge on any atom is 0.404 e. The van der Waals surface area contributed by atoms with Gasteiger partial charge >= 0.3 is 12.1 Å². The molecular formula is C13H19NO6. The Kier molecular flexibility index (Phi) is 6.20. The first-order chi connectivity index (χ1) is 9.47. The predicted molar refractivity (Wildman–Crippen MR) is 69.6 cm³/mol. The highest BCUT2D eigenvalue weighted by Crippen LogP contribution is 2.25. The van der Waals surface area contributed by atoms with Gasteiger partial charge in [-0.3, -0.25) is 0 Å². The number of ether oxygens (including phenoxy) is 4. The largest absolute Gasteiger partial charge is 0.455 e. The molecule has 0 unspecified atom stereocenters. The van der Waals surface area contributed by atoms with E-state index in [1.807, 2.05) is 0 Å². The summed E-state index contributed by atoms with van der Waals surface area (Å²) in [5, 5.41) is 0. The van der Waals surface area contributed by atoms with E-state index in [4.69, 9.17) is 24.7 Å². The SMILES string of the molecule is C=C/C=C/C(=O)O[C@H]1C[C@@H](OC)O[C@@H](C)[C@@H]1OC(N)=O. The maximum atomic E-state index is 11.6. The molecule has 20 heavy (non-hydrogen) atoms. The summed E-state index contributed by atoms with van der Waals surface area (Å²) in [5.74, 6) is -0.572. The van der Waals surface area contributed by atoms with Crippen molar-refractivity contribution in [1.82, 2.24) is 0 Å². The van der Waals surface area contributed by atoms with Crippen LogP contribution in [-0.4, -0.2) is 43.8 Å². The summed E-state index contributed by atoms with van der Waals surface area (Å²) in [6.07, 6.45) is 0.873. The fourth-order valence-corrected chi connectivity index (χ4v) is 1.91. The number of allylic oxidation sites excluding steroid dienone is 2. The fraction of sp³-hybridized carbons (Fsp3) is 0.538. The zero-order chi connectivity index (χ0) is 15.1. The van der Waals surface area contributed by atoms with Crippen molar-refractivity contribution in [2.45, 2.75) is 37.9 Å². The lowest BCUT2D eigenvalue weighted by atomic mass is 10.0. The highest BCUT2D eigenvalue weighted by molar-refractivity contribution is 5.82. The topological polar surface area (TPSA) is 97.1 Å². The van der Waals surface area contributed by atoms with Crippen LogP contribution < -0.4 is 5.73 Å². The first-order valence-electron chi connectivity index (χ1n) is 6.12. The van der Waals surface area contributed by atoms with Gasteiger partial charge in [-0.1, -0.05) is 18.7 Å². The normalized spacial score (nSPS) is 29.9. The van der Waals surface area contributed by atoms with Crippen LogP contribution in [0, 0.1) is 0 Å². The van der Waals surface area contributed by atoms with Gasteiger partial charge in [-0.25, -0.2) is 9.59 Å². The van der Waals surface area contributed by atoms with Crippen molar-refractivity contribution in [2.24, 2.45) is 5.73 Å². The van der Waals surface area contributed by atoms with Crippen molar-refractivity contribution in [2.75, 3.05) is 7.11 Å². The molecule has 2 N–H and O–H groups in total. The Bertz CT molecular complexity index is 394. The Morgan fingerprint density at radius 3 is 2.65 bits per heavy atom. The number of amides is 1. The first kappa shape index (κ1) is 16.2. The van der Waals surface area contributed by atoms with Crippen LogP contribution in [0.3, 0.4) is 0 Å². The molecule has 0 aromatic heterocycles. The zero-order valence-corrected chi connectivity index (χ0v) is 11.5. The van der Waals surface area contributed by atoms with Crippen molar-refractivity contribution < 1.29 is 28.5 Å². The maximum absolute atomic E-state index is 11.6. The molecule has 112 valence electrons. The van der Waals surface area contributed by atoms with E-state index in [0.717, 1.165) is 0 Å². The summed E-state index contributed by atoms with van der Waals surface area (Å²) in [7, 11) is 1.48. The number of hydrogen-bond acceptors (Lipinski definition) is 6. The van der Waals surface area contributed by atoms with Crippen molar-refractivity contribution in [1.29, 1.82) is 0 Å². The zero-order valence-electron chi connectivity index (χ0n) is 11.5. The second-order valence-electron chi connectivity index (χ2n) is 4.21. The molecule has 1 saturated heterocycles. The van der Waals surface area contributed by atoms with E-state index in [0.29, 0.717) is 0 Å². The van der Waals surface area contributed by atoms with Gasteiger partial charge in [0.2, 0.25) is 0 Å². The van der Waals surface area contributed by atoms with Crippen LogP contribution in [0.15, 0.2) is 24.8 Å². The monoisotopic (exact) mass is 285 g/mol. The van der Waals surface area contributed by atoms with E-state index in [2.05, 4.69) is 6.58 Å². The molecule has 1 aliphatic rings. The molecular weight excluding hydrogens is 266 g/mol.